The predicted molar refractivity (Wildman–Crippen MR) is 120 cm³/mol. The van der Waals surface area contributed by atoms with E-state index in [0.29, 0.717) is 30.4 Å². The summed E-state index contributed by atoms with van der Waals surface area (Å²) in [6.07, 6.45) is 0. The van der Waals surface area contributed by atoms with E-state index >= 15 is 0 Å². The average molecular weight is 488 g/mol. The van der Waals surface area contributed by atoms with Gasteiger partial charge in [-0.25, -0.2) is 4.79 Å². The van der Waals surface area contributed by atoms with Crippen LogP contribution in [0.1, 0.15) is 34.7 Å². The van der Waals surface area contributed by atoms with Gasteiger partial charge in [0.25, 0.3) is 5.91 Å². The molecule has 0 spiro atoms. The highest BCUT2D eigenvalue weighted by Gasteiger charge is 2.20. The van der Waals surface area contributed by atoms with Crippen LogP contribution in [0.2, 0.25) is 0 Å². The molecule has 9 heteroatoms. The second-order valence-corrected chi connectivity index (χ2v) is 7.25. The van der Waals surface area contributed by atoms with Crippen LogP contribution in [0.3, 0.4) is 0 Å². The molecule has 0 radical (unpaired) electrons. The fourth-order valence-electron chi connectivity index (χ4n) is 2.88. The molecular formula is C22H22BrN3O5. The van der Waals surface area contributed by atoms with E-state index in [1.54, 1.807) is 6.07 Å². The number of nitrogens with zero attached hydrogens (tertiary/aromatic N) is 1. The number of rotatable bonds is 8. The van der Waals surface area contributed by atoms with E-state index < -0.39 is 11.9 Å². The van der Waals surface area contributed by atoms with Gasteiger partial charge in [-0.3, -0.25) is 9.89 Å². The fraction of sp³-hybridized carbons (Fsp3) is 0.227. The Kier molecular flexibility index (Phi) is 7.30. The monoisotopic (exact) mass is 487 g/mol. The molecule has 0 aliphatic heterocycles. The van der Waals surface area contributed by atoms with Crippen molar-refractivity contribution in [2.45, 2.75) is 13.8 Å². The topological polar surface area (TPSA) is 103 Å². The Morgan fingerprint density at radius 3 is 2.42 bits per heavy atom. The van der Waals surface area contributed by atoms with Gasteiger partial charge < -0.3 is 19.5 Å². The molecule has 1 heterocycles. The van der Waals surface area contributed by atoms with Crippen molar-refractivity contribution in [3.63, 3.8) is 0 Å². The van der Waals surface area contributed by atoms with Crippen molar-refractivity contribution in [1.29, 1.82) is 0 Å². The number of nitrogens with one attached hydrogen (secondary N) is 2. The van der Waals surface area contributed by atoms with Gasteiger partial charge in [-0.2, -0.15) is 5.10 Å². The van der Waals surface area contributed by atoms with Crippen LogP contribution in [-0.2, 0) is 4.74 Å². The summed E-state index contributed by atoms with van der Waals surface area (Å²) in [6, 6.07) is 12.2. The van der Waals surface area contributed by atoms with Crippen molar-refractivity contribution in [1.82, 2.24) is 10.2 Å². The van der Waals surface area contributed by atoms with Gasteiger partial charge in [0.1, 0.15) is 5.69 Å². The summed E-state index contributed by atoms with van der Waals surface area (Å²) in [7, 11) is 1.28. The molecule has 0 fully saturated rings. The number of benzene rings is 2. The van der Waals surface area contributed by atoms with Crippen LogP contribution >= 0.6 is 15.9 Å². The third kappa shape index (κ3) is 5.24. The minimum absolute atomic E-state index is 0.227. The van der Waals surface area contributed by atoms with Gasteiger partial charge in [-0.15, -0.1) is 0 Å². The maximum absolute atomic E-state index is 12.9. The molecule has 0 aliphatic rings. The number of hydrogen-bond acceptors (Lipinski definition) is 6. The van der Waals surface area contributed by atoms with E-state index in [0.717, 1.165) is 10.0 Å². The highest BCUT2D eigenvalue weighted by Crippen LogP contribution is 2.38. The maximum atomic E-state index is 12.9. The van der Waals surface area contributed by atoms with Crippen molar-refractivity contribution < 1.29 is 23.8 Å². The largest absolute Gasteiger partial charge is 0.490 e. The molecule has 0 unspecified atom stereocenters. The van der Waals surface area contributed by atoms with Crippen LogP contribution in [0.15, 0.2) is 46.9 Å². The number of carbonyl (C=O) groups is 2. The minimum Gasteiger partial charge on any atom is -0.490 e. The first-order valence-electron chi connectivity index (χ1n) is 9.61. The molecular weight excluding hydrogens is 466 g/mol. The summed E-state index contributed by atoms with van der Waals surface area (Å²) in [5.74, 6) is -0.333. The molecule has 1 aromatic heterocycles. The summed E-state index contributed by atoms with van der Waals surface area (Å²) in [4.78, 5) is 25.0. The molecule has 162 valence electrons. The molecule has 8 nitrogen and oxygen atoms in total. The second kappa shape index (κ2) is 10.1. The molecule has 31 heavy (non-hydrogen) atoms. The Morgan fingerprint density at radius 2 is 1.77 bits per heavy atom. The van der Waals surface area contributed by atoms with Crippen LogP contribution in [-0.4, -0.2) is 42.4 Å². The molecule has 0 saturated heterocycles. The van der Waals surface area contributed by atoms with Crippen LogP contribution in [0.25, 0.3) is 11.3 Å². The van der Waals surface area contributed by atoms with E-state index in [9.17, 15) is 9.59 Å². The lowest BCUT2D eigenvalue weighted by Gasteiger charge is -2.17. The molecule has 2 aromatic carbocycles. The van der Waals surface area contributed by atoms with Gasteiger partial charge in [0.15, 0.2) is 11.5 Å². The Balaban J connectivity index is 1.93. The lowest BCUT2D eigenvalue weighted by molar-refractivity contribution is 0.0600. The van der Waals surface area contributed by atoms with Crippen LogP contribution in [0.5, 0.6) is 11.5 Å². The third-order valence-corrected chi connectivity index (χ3v) is 4.80. The molecule has 2 N–H and O–H groups in total. The van der Waals surface area contributed by atoms with Crippen molar-refractivity contribution in [2.75, 3.05) is 25.6 Å². The van der Waals surface area contributed by atoms with E-state index in [2.05, 4.69) is 31.4 Å². The van der Waals surface area contributed by atoms with E-state index in [1.165, 1.54) is 19.2 Å². The molecule has 1 amide bonds. The number of aromatic nitrogens is 2. The van der Waals surface area contributed by atoms with Crippen LogP contribution in [0, 0.1) is 0 Å². The van der Waals surface area contributed by atoms with E-state index in [-0.39, 0.29) is 16.9 Å². The van der Waals surface area contributed by atoms with E-state index in [4.69, 9.17) is 14.2 Å². The van der Waals surface area contributed by atoms with Crippen molar-refractivity contribution in [2.24, 2.45) is 0 Å². The summed E-state index contributed by atoms with van der Waals surface area (Å²) >= 11 is 3.39. The van der Waals surface area contributed by atoms with Gasteiger partial charge in [-0.05, 0) is 44.2 Å². The highest BCUT2D eigenvalue weighted by molar-refractivity contribution is 9.10. The lowest BCUT2D eigenvalue weighted by atomic mass is 10.1. The number of aromatic amines is 1. The normalized spacial score (nSPS) is 10.5. The molecule has 0 bridgehead atoms. The second-order valence-electron chi connectivity index (χ2n) is 6.34. The summed E-state index contributed by atoms with van der Waals surface area (Å²) in [5, 5.41) is 9.73. The smallest absolute Gasteiger partial charge is 0.338 e. The van der Waals surface area contributed by atoms with Gasteiger partial charge in [0.2, 0.25) is 0 Å². The zero-order valence-corrected chi connectivity index (χ0v) is 18.9. The third-order valence-electron chi connectivity index (χ3n) is 4.28. The number of hydrogen-bond donors (Lipinski definition) is 2. The Labute approximate surface area is 188 Å². The fourth-order valence-corrected chi connectivity index (χ4v) is 3.15. The molecule has 3 aromatic rings. The van der Waals surface area contributed by atoms with Crippen molar-refractivity contribution >= 4 is 33.5 Å². The van der Waals surface area contributed by atoms with E-state index in [1.807, 2.05) is 38.1 Å². The number of methoxy groups -OCH3 is 1. The molecule has 0 atom stereocenters. The number of carbonyl (C=O) groups excluding carboxylic acids is 2. The number of anilines is 1. The van der Waals surface area contributed by atoms with Gasteiger partial charge in [0.05, 0.1) is 37.3 Å². The first kappa shape index (κ1) is 22.4. The predicted octanol–water partition coefficient (Wildman–Crippen LogP) is 4.68. The van der Waals surface area contributed by atoms with Crippen molar-refractivity contribution in [3.05, 3.63) is 58.2 Å². The van der Waals surface area contributed by atoms with Gasteiger partial charge in [-0.1, -0.05) is 28.1 Å². The number of ether oxygens (including phenoxy) is 3. The zero-order valence-electron chi connectivity index (χ0n) is 17.3. The molecule has 0 saturated carbocycles. The highest BCUT2D eigenvalue weighted by atomic mass is 79.9. The number of halogens is 1. The quantitative estimate of drug-likeness (QED) is 0.447. The minimum atomic E-state index is -0.557. The first-order valence-corrected chi connectivity index (χ1v) is 10.4. The van der Waals surface area contributed by atoms with Crippen LogP contribution in [0.4, 0.5) is 5.69 Å². The lowest BCUT2D eigenvalue weighted by Crippen LogP contribution is -2.15. The van der Waals surface area contributed by atoms with Crippen LogP contribution < -0.4 is 14.8 Å². The van der Waals surface area contributed by atoms with Crippen molar-refractivity contribution in [3.8, 4) is 22.8 Å². The number of amides is 1. The Hall–Kier alpha value is -3.33. The first-order chi connectivity index (χ1) is 15.0. The summed E-state index contributed by atoms with van der Waals surface area (Å²) < 4.78 is 17.1. The van der Waals surface area contributed by atoms with Gasteiger partial charge >= 0.3 is 5.97 Å². The number of H-pyrrole nitrogens is 1. The zero-order chi connectivity index (χ0) is 22.4. The SMILES string of the molecule is CCOc1cc(C(=O)OC)cc(NC(=O)c2cc(-c3ccc(Br)cc3)n[nH]2)c1OCC. The number of esters is 1. The molecule has 3 rings (SSSR count). The Morgan fingerprint density at radius 1 is 1.06 bits per heavy atom. The van der Waals surface area contributed by atoms with Gasteiger partial charge in [0, 0.05) is 10.0 Å². The molecule has 0 aliphatic carbocycles. The summed E-state index contributed by atoms with van der Waals surface area (Å²) in [6.45, 7) is 4.33. The Bertz CT molecular complexity index is 1080. The standard InChI is InChI=1S/C22H22BrN3O5/c1-4-30-19-11-14(22(28)29-3)10-17(20(19)31-5-2)24-21(27)18-12-16(25-26-18)13-6-8-15(23)9-7-13/h6-12H,4-5H2,1-3H3,(H,24,27)(H,25,26). The summed E-state index contributed by atoms with van der Waals surface area (Å²) in [5.41, 5.74) is 2.26. The average Bonchev–Trinajstić information content (AvgIpc) is 3.26. The maximum Gasteiger partial charge on any atom is 0.338 e.